The van der Waals surface area contributed by atoms with Crippen molar-refractivity contribution in [3.8, 4) is 11.5 Å². The van der Waals surface area contributed by atoms with E-state index in [2.05, 4.69) is 22.8 Å². The van der Waals surface area contributed by atoms with Crippen LogP contribution in [0.5, 0.6) is 11.5 Å². The monoisotopic (exact) mass is 342 g/mol. The standard InChI is InChI=1S/C20H26N2O3/c1-16(8-9-17-6-4-3-5-7-17)22-20(23)21-14-15-25-19-12-10-18(24-2)11-13-19/h3-7,10-13,16H,8-9,14-15H2,1-2H3,(H2,21,22,23). The zero-order valence-electron chi connectivity index (χ0n) is 14.8. The lowest BCUT2D eigenvalue weighted by atomic mass is 10.1. The van der Waals surface area contributed by atoms with Crippen molar-refractivity contribution < 1.29 is 14.3 Å². The van der Waals surface area contributed by atoms with Gasteiger partial charge in [0.25, 0.3) is 0 Å². The lowest BCUT2D eigenvalue weighted by molar-refractivity contribution is 0.233. The van der Waals surface area contributed by atoms with Gasteiger partial charge in [-0.05, 0) is 49.6 Å². The van der Waals surface area contributed by atoms with E-state index in [1.165, 1.54) is 5.56 Å². The summed E-state index contributed by atoms with van der Waals surface area (Å²) in [6, 6.07) is 17.6. The van der Waals surface area contributed by atoms with Crippen molar-refractivity contribution in [3.05, 3.63) is 60.2 Å². The number of rotatable bonds is 9. The molecule has 134 valence electrons. The minimum Gasteiger partial charge on any atom is -0.497 e. The number of hydrogen-bond donors (Lipinski definition) is 2. The highest BCUT2D eigenvalue weighted by Gasteiger charge is 2.07. The van der Waals surface area contributed by atoms with Crippen molar-refractivity contribution in [1.29, 1.82) is 0 Å². The second kappa shape index (κ2) is 10.2. The van der Waals surface area contributed by atoms with Crippen LogP contribution in [0, 0.1) is 0 Å². The third kappa shape index (κ3) is 7.16. The van der Waals surface area contributed by atoms with Crippen LogP contribution in [0.25, 0.3) is 0 Å². The van der Waals surface area contributed by atoms with Gasteiger partial charge in [0.05, 0.1) is 13.7 Å². The third-order valence-corrected chi connectivity index (χ3v) is 3.80. The maximum atomic E-state index is 11.9. The minimum absolute atomic E-state index is 0.114. The van der Waals surface area contributed by atoms with Gasteiger partial charge in [0.15, 0.2) is 0 Å². The van der Waals surface area contributed by atoms with Crippen LogP contribution in [0.1, 0.15) is 18.9 Å². The Balaban J connectivity index is 1.58. The van der Waals surface area contributed by atoms with Gasteiger partial charge in [-0.2, -0.15) is 0 Å². The molecule has 1 unspecified atom stereocenters. The van der Waals surface area contributed by atoms with E-state index in [0.717, 1.165) is 24.3 Å². The molecule has 2 aromatic carbocycles. The topological polar surface area (TPSA) is 59.6 Å². The molecule has 0 aliphatic carbocycles. The quantitative estimate of drug-likeness (QED) is 0.687. The van der Waals surface area contributed by atoms with E-state index < -0.39 is 0 Å². The molecule has 2 rings (SSSR count). The number of nitrogens with one attached hydrogen (secondary N) is 2. The van der Waals surface area contributed by atoms with E-state index in [-0.39, 0.29) is 12.1 Å². The van der Waals surface area contributed by atoms with E-state index in [4.69, 9.17) is 9.47 Å². The fraction of sp³-hybridized carbons (Fsp3) is 0.350. The number of amides is 2. The van der Waals surface area contributed by atoms with Crippen molar-refractivity contribution in [2.24, 2.45) is 0 Å². The zero-order chi connectivity index (χ0) is 17.9. The van der Waals surface area contributed by atoms with E-state index in [9.17, 15) is 4.79 Å². The fourth-order valence-corrected chi connectivity index (χ4v) is 2.38. The average molecular weight is 342 g/mol. The number of carbonyl (C=O) groups is 1. The predicted octanol–water partition coefficient (Wildman–Crippen LogP) is 3.39. The highest BCUT2D eigenvalue weighted by molar-refractivity contribution is 5.74. The number of carbonyl (C=O) groups excluding carboxylic acids is 1. The molecule has 5 heteroatoms. The molecule has 0 saturated carbocycles. The van der Waals surface area contributed by atoms with Crippen molar-refractivity contribution in [2.75, 3.05) is 20.3 Å². The number of ether oxygens (including phenoxy) is 2. The molecule has 0 bridgehead atoms. The number of aryl methyl sites for hydroxylation is 1. The molecule has 0 radical (unpaired) electrons. The van der Waals surface area contributed by atoms with Crippen LogP contribution in [0.2, 0.25) is 0 Å². The number of urea groups is 1. The largest absolute Gasteiger partial charge is 0.497 e. The summed E-state index contributed by atoms with van der Waals surface area (Å²) in [5.41, 5.74) is 1.28. The molecule has 0 aromatic heterocycles. The van der Waals surface area contributed by atoms with Gasteiger partial charge in [-0.25, -0.2) is 4.79 Å². The summed E-state index contributed by atoms with van der Waals surface area (Å²) in [5.74, 6) is 1.54. The Hall–Kier alpha value is -2.69. The Morgan fingerprint density at radius 3 is 2.40 bits per heavy atom. The normalized spacial score (nSPS) is 11.4. The summed E-state index contributed by atoms with van der Waals surface area (Å²) in [6.45, 7) is 2.87. The Bertz CT molecular complexity index is 629. The van der Waals surface area contributed by atoms with E-state index >= 15 is 0 Å². The summed E-state index contributed by atoms with van der Waals surface area (Å²) < 4.78 is 10.7. The molecule has 5 nitrogen and oxygen atoms in total. The van der Waals surface area contributed by atoms with Gasteiger partial charge in [0.2, 0.25) is 0 Å². The van der Waals surface area contributed by atoms with E-state index in [1.807, 2.05) is 49.4 Å². The number of benzene rings is 2. The van der Waals surface area contributed by atoms with Crippen LogP contribution < -0.4 is 20.1 Å². The molecule has 2 aromatic rings. The molecule has 0 spiro atoms. The van der Waals surface area contributed by atoms with Crippen LogP contribution in [0.4, 0.5) is 4.79 Å². The maximum absolute atomic E-state index is 11.9. The van der Waals surface area contributed by atoms with Crippen molar-refractivity contribution in [2.45, 2.75) is 25.8 Å². The highest BCUT2D eigenvalue weighted by atomic mass is 16.5. The number of methoxy groups -OCH3 is 1. The second-order valence-electron chi connectivity index (χ2n) is 5.85. The lowest BCUT2D eigenvalue weighted by Crippen LogP contribution is -2.42. The third-order valence-electron chi connectivity index (χ3n) is 3.80. The van der Waals surface area contributed by atoms with Crippen LogP contribution in [0.3, 0.4) is 0 Å². The Morgan fingerprint density at radius 1 is 1.04 bits per heavy atom. The molecular weight excluding hydrogens is 316 g/mol. The molecular formula is C20H26N2O3. The number of hydrogen-bond acceptors (Lipinski definition) is 3. The molecule has 2 N–H and O–H groups in total. The van der Waals surface area contributed by atoms with Gasteiger partial charge in [-0.15, -0.1) is 0 Å². The van der Waals surface area contributed by atoms with Gasteiger partial charge in [-0.3, -0.25) is 0 Å². The first-order valence-electron chi connectivity index (χ1n) is 8.52. The Morgan fingerprint density at radius 2 is 1.72 bits per heavy atom. The van der Waals surface area contributed by atoms with E-state index in [0.29, 0.717) is 13.2 Å². The Kier molecular flexibility index (Phi) is 7.63. The highest BCUT2D eigenvalue weighted by Crippen LogP contribution is 2.16. The molecule has 25 heavy (non-hydrogen) atoms. The summed E-state index contributed by atoms with van der Waals surface area (Å²) in [4.78, 5) is 11.9. The Labute approximate surface area is 149 Å². The van der Waals surface area contributed by atoms with Gasteiger partial charge in [-0.1, -0.05) is 30.3 Å². The fourth-order valence-electron chi connectivity index (χ4n) is 2.38. The first kappa shape index (κ1) is 18.6. The van der Waals surface area contributed by atoms with Crippen LogP contribution >= 0.6 is 0 Å². The summed E-state index contributed by atoms with van der Waals surface area (Å²) >= 11 is 0. The molecule has 2 amide bonds. The molecule has 1 atom stereocenters. The molecule has 0 heterocycles. The second-order valence-corrected chi connectivity index (χ2v) is 5.85. The SMILES string of the molecule is COc1ccc(OCCNC(=O)NC(C)CCc2ccccc2)cc1. The van der Waals surface area contributed by atoms with Gasteiger partial charge < -0.3 is 20.1 Å². The van der Waals surface area contributed by atoms with Gasteiger partial charge in [0.1, 0.15) is 18.1 Å². The molecule has 0 fully saturated rings. The molecule has 0 aliphatic rings. The smallest absolute Gasteiger partial charge is 0.315 e. The lowest BCUT2D eigenvalue weighted by Gasteiger charge is -2.15. The van der Waals surface area contributed by atoms with Crippen LogP contribution in [-0.4, -0.2) is 32.3 Å². The van der Waals surface area contributed by atoms with Crippen molar-refractivity contribution in [1.82, 2.24) is 10.6 Å². The summed E-state index contributed by atoms with van der Waals surface area (Å²) in [7, 11) is 1.62. The van der Waals surface area contributed by atoms with Gasteiger partial charge in [0, 0.05) is 6.04 Å². The predicted molar refractivity (Wildman–Crippen MR) is 99.2 cm³/mol. The first-order chi connectivity index (χ1) is 12.2. The minimum atomic E-state index is -0.168. The van der Waals surface area contributed by atoms with Crippen LogP contribution in [0.15, 0.2) is 54.6 Å². The van der Waals surface area contributed by atoms with E-state index in [1.54, 1.807) is 7.11 Å². The first-order valence-corrected chi connectivity index (χ1v) is 8.52. The molecule has 0 aliphatic heterocycles. The van der Waals surface area contributed by atoms with Gasteiger partial charge >= 0.3 is 6.03 Å². The van der Waals surface area contributed by atoms with Crippen molar-refractivity contribution in [3.63, 3.8) is 0 Å². The summed E-state index contributed by atoms with van der Waals surface area (Å²) in [5, 5.41) is 5.75. The van der Waals surface area contributed by atoms with Crippen molar-refractivity contribution >= 4 is 6.03 Å². The average Bonchev–Trinajstić information content (AvgIpc) is 2.65. The zero-order valence-corrected chi connectivity index (χ0v) is 14.8. The maximum Gasteiger partial charge on any atom is 0.315 e. The summed E-state index contributed by atoms with van der Waals surface area (Å²) in [6.07, 6.45) is 1.85. The molecule has 0 saturated heterocycles. The van der Waals surface area contributed by atoms with Crippen LogP contribution in [-0.2, 0) is 6.42 Å².